The minimum absolute atomic E-state index is 0.217. The van der Waals surface area contributed by atoms with E-state index in [-0.39, 0.29) is 5.75 Å². The highest BCUT2D eigenvalue weighted by Crippen LogP contribution is 2.34. The monoisotopic (exact) mass is 302 g/mol. The second-order valence-electron chi connectivity index (χ2n) is 3.14. The van der Waals surface area contributed by atoms with Crippen LogP contribution in [0.5, 0.6) is 5.75 Å². The van der Waals surface area contributed by atoms with E-state index in [2.05, 4.69) is 4.74 Å². The molecule has 0 bridgehead atoms. The Balaban J connectivity index is 3.25. The number of hydrogen-bond donors (Lipinski definition) is 0. The Morgan fingerprint density at radius 1 is 1.33 bits per heavy atom. The lowest BCUT2D eigenvalue weighted by molar-refractivity contribution is -0.131. The van der Waals surface area contributed by atoms with Crippen molar-refractivity contribution < 1.29 is 31.1 Å². The molecule has 18 heavy (non-hydrogen) atoms. The highest BCUT2D eigenvalue weighted by Gasteiger charge is 2.47. The Labute approximate surface area is 105 Å². The third-order valence-corrected chi connectivity index (χ3v) is 3.55. The summed E-state index contributed by atoms with van der Waals surface area (Å²) in [5.74, 6) is -0.950. The number of benzene rings is 1. The smallest absolute Gasteiger partial charge is 0.425 e. The number of esters is 1. The first-order chi connectivity index (χ1) is 8.05. The van der Waals surface area contributed by atoms with Crippen LogP contribution in [0.4, 0.5) is 13.2 Å². The maximum Gasteiger partial charge on any atom is 0.501 e. The van der Waals surface area contributed by atoms with Gasteiger partial charge in [0.15, 0.2) is 0 Å². The number of sulfone groups is 1. The minimum atomic E-state index is -5.47. The third-order valence-electron chi connectivity index (χ3n) is 1.77. The average molecular weight is 303 g/mol. The molecular weight excluding hydrogens is 297 g/mol. The van der Waals surface area contributed by atoms with Gasteiger partial charge in [-0.25, -0.2) is 8.42 Å². The Bertz CT molecular complexity index is 580. The van der Waals surface area contributed by atoms with Gasteiger partial charge in [0.1, 0.15) is 5.75 Å². The van der Waals surface area contributed by atoms with Crippen LogP contribution >= 0.6 is 11.6 Å². The molecule has 1 rings (SSSR count). The number of carbonyl (C=O) groups excluding carboxylic acids is 1. The Morgan fingerprint density at radius 2 is 1.89 bits per heavy atom. The molecule has 1 aromatic rings. The molecule has 0 atom stereocenters. The van der Waals surface area contributed by atoms with Gasteiger partial charge in [-0.3, -0.25) is 4.79 Å². The zero-order valence-electron chi connectivity index (χ0n) is 8.79. The lowest BCUT2D eigenvalue weighted by Gasteiger charge is -2.09. The second-order valence-corrected chi connectivity index (χ2v) is 5.48. The van der Waals surface area contributed by atoms with Crippen molar-refractivity contribution in [1.29, 1.82) is 0 Å². The highest BCUT2D eigenvalue weighted by atomic mass is 35.5. The average Bonchev–Trinajstić information content (AvgIpc) is 2.18. The van der Waals surface area contributed by atoms with Crippen molar-refractivity contribution in [2.24, 2.45) is 0 Å². The summed E-state index contributed by atoms with van der Waals surface area (Å²) in [4.78, 5) is 9.61. The zero-order chi connectivity index (χ0) is 14.1. The first kappa shape index (κ1) is 14.8. The van der Waals surface area contributed by atoms with Gasteiger partial charge in [0, 0.05) is 6.92 Å². The van der Waals surface area contributed by atoms with Crippen LogP contribution in [0.1, 0.15) is 6.92 Å². The lowest BCUT2D eigenvalue weighted by Crippen LogP contribution is -2.23. The maximum atomic E-state index is 12.2. The molecule has 0 aromatic heterocycles. The van der Waals surface area contributed by atoms with Crippen molar-refractivity contribution in [2.75, 3.05) is 0 Å². The molecule has 0 heterocycles. The molecular formula is C9H6ClF3O4S. The predicted octanol–water partition coefficient (Wildman–Crippen LogP) is 2.56. The molecule has 0 fully saturated rings. The van der Waals surface area contributed by atoms with Crippen molar-refractivity contribution in [3.05, 3.63) is 23.2 Å². The lowest BCUT2D eigenvalue weighted by atomic mass is 10.3. The van der Waals surface area contributed by atoms with E-state index in [1.54, 1.807) is 0 Å². The molecule has 0 saturated carbocycles. The van der Waals surface area contributed by atoms with E-state index in [0.717, 1.165) is 13.0 Å². The number of halogens is 4. The fourth-order valence-corrected chi connectivity index (χ4v) is 2.09. The second kappa shape index (κ2) is 4.77. The largest absolute Gasteiger partial charge is 0.501 e. The molecule has 0 unspecified atom stereocenters. The summed E-state index contributed by atoms with van der Waals surface area (Å²) in [5.41, 5.74) is -5.42. The number of carbonyl (C=O) groups is 1. The molecule has 1 aromatic carbocycles. The van der Waals surface area contributed by atoms with Crippen molar-refractivity contribution >= 4 is 27.4 Å². The molecule has 0 spiro atoms. The van der Waals surface area contributed by atoms with Gasteiger partial charge in [0.25, 0.3) is 9.84 Å². The molecule has 9 heteroatoms. The summed E-state index contributed by atoms with van der Waals surface area (Å²) in [6.07, 6.45) is 0. The standard InChI is InChI=1S/C9H6ClF3O4S/c1-5(14)17-8-3-2-6(4-7(8)10)18(15,16)9(11,12)13/h2-4H,1H3. The van der Waals surface area contributed by atoms with Gasteiger partial charge in [-0.15, -0.1) is 0 Å². The van der Waals surface area contributed by atoms with Gasteiger partial charge < -0.3 is 4.74 Å². The SMILES string of the molecule is CC(=O)Oc1ccc(S(=O)(=O)C(F)(F)F)cc1Cl. The number of alkyl halides is 3. The molecule has 0 amide bonds. The predicted molar refractivity (Wildman–Crippen MR) is 56.0 cm³/mol. The number of hydrogen-bond acceptors (Lipinski definition) is 4. The summed E-state index contributed by atoms with van der Waals surface area (Å²) >= 11 is 5.52. The molecule has 0 N–H and O–H groups in total. The maximum absolute atomic E-state index is 12.2. The van der Waals surface area contributed by atoms with Gasteiger partial charge in [0.2, 0.25) is 0 Å². The van der Waals surface area contributed by atoms with Crippen molar-refractivity contribution in [3.8, 4) is 5.75 Å². The van der Waals surface area contributed by atoms with Crippen LogP contribution in [0.3, 0.4) is 0 Å². The van der Waals surface area contributed by atoms with E-state index in [4.69, 9.17) is 11.6 Å². The Hall–Kier alpha value is -1.28. The van der Waals surface area contributed by atoms with Gasteiger partial charge >= 0.3 is 11.5 Å². The van der Waals surface area contributed by atoms with Gasteiger partial charge in [0.05, 0.1) is 9.92 Å². The third kappa shape index (κ3) is 2.94. The summed E-state index contributed by atoms with van der Waals surface area (Å²) in [6, 6.07) is 2.11. The first-order valence-corrected chi connectivity index (χ1v) is 6.21. The van der Waals surface area contributed by atoms with E-state index in [1.165, 1.54) is 0 Å². The fourth-order valence-electron chi connectivity index (χ4n) is 1.02. The number of rotatable bonds is 2. The summed E-state index contributed by atoms with van der Waals surface area (Å²) in [5, 5.41) is -0.407. The molecule has 0 aliphatic carbocycles. The number of ether oxygens (including phenoxy) is 1. The first-order valence-electron chi connectivity index (χ1n) is 4.35. The molecule has 0 aliphatic rings. The van der Waals surface area contributed by atoms with Crippen molar-refractivity contribution in [3.63, 3.8) is 0 Å². The van der Waals surface area contributed by atoms with Gasteiger partial charge in [-0.2, -0.15) is 13.2 Å². The van der Waals surface area contributed by atoms with Gasteiger partial charge in [-0.05, 0) is 18.2 Å². The minimum Gasteiger partial charge on any atom is -0.425 e. The van der Waals surface area contributed by atoms with Crippen molar-refractivity contribution in [2.45, 2.75) is 17.3 Å². The quantitative estimate of drug-likeness (QED) is 0.622. The van der Waals surface area contributed by atoms with Crippen LogP contribution in [-0.2, 0) is 14.6 Å². The van der Waals surface area contributed by atoms with Crippen molar-refractivity contribution in [1.82, 2.24) is 0 Å². The summed E-state index contributed by atoms with van der Waals surface area (Å²) in [7, 11) is -5.47. The summed E-state index contributed by atoms with van der Waals surface area (Å²) in [6.45, 7) is 1.07. The Morgan fingerprint density at radius 3 is 2.28 bits per heavy atom. The van der Waals surface area contributed by atoms with E-state index in [9.17, 15) is 26.4 Å². The molecule has 0 aliphatic heterocycles. The van der Waals surface area contributed by atoms with Crippen LogP contribution in [-0.4, -0.2) is 19.9 Å². The fraction of sp³-hybridized carbons (Fsp3) is 0.222. The molecule has 4 nitrogen and oxygen atoms in total. The highest BCUT2D eigenvalue weighted by molar-refractivity contribution is 7.92. The normalized spacial score (nSPS) is 12.3. The van der Waals surface area contributed by atoms with E-state index in [0.29, 0.717) is 12.1 Å². The summed E-state index contributed by atoms with van der Waals surface area (Å²) < 4.78 is 63.4. The van der Waals surface area contributed by atoms with E-state index in [1.807, 2.05) is 0 Å². The molecule has 0 saturated heterocycles. The van der Waals surface area contributed by atoms with Crippen LogP contribution in [0, 0.1) is 0 Å². The van der Waals surface area contributed by atoms with E-state index >= 15 is 0 Å². The molecule has 100 valence electrons. The van der Waals surface area contributed by atoms with Crippen LogP contribution in [0.25, 0.3) is 0 Å². The van der Waals surface area contributed by atoms with Crippen LogP contribution in [0.15, 0.2) is 23.1 Å². The van der Waals surface area contributed by atoms with Crippen LogP contribution < -0.4 is 4.74 Å². The van der Waals surface area contributed by atoms with Gasteiger partial charge in [-0.1, -0.05) is 11.6 Å². The Kier molecular flexibility index (Phi) is 3.92. The van der Waals surface area contributed by atoms with E-state index < -0.39 is 31.2 Å². The zero-order valence-corrected chi connectivity index (χ0v) is 10.4. The molecule has 0 radical (unpaired) electrons. The van der Waals surface area contributed by atoms with Crippen LogP contribution in [0.2, 0.25) is 5.02 Å². The topological polar surface area (TPSA) is 60.4 Å².